The maximum Gasteiger partial charge on any atom is 0.267 e. The molecule has 0 heterocycles. The van der Waals surface area contributed by atoms with Gasteiger partial charge in [0.25, 0.3) is 10.1 Å². The second-order valence-electron chi connectivity index (χ2n) is 11.8. The van der Waals surface area contributed by atoms with Crippen molar-refractivity contribution in [1.82, 2.24) is 5.32 Å². The van der Waals surface area contributed by atoms with E-state index in [1.807, 2.05) is 0 Å². The quantitative estimate of drug-likeness (QED) is 0.0426. The summed E-state index contributed by atoms with van der Waals surface area (Å²) in [4.78, 5) is 12.3. The Kier molecular flexibility index (Phi) is 28.6. The van der Waals surface area contributed by atoms with E-state index in [-0.39, 0.29) is 12.3 Å². The van der Waals surface area contributed by atoms with Gasteiger partial charge in [-0.05, 0) is 44.9 Å². The van der Waals surface area contributed by atoms with Crippen molar-refractivity contribution in [3.63, 3.8) is 0 Å². The molecule has 0 aromatic rings. The summed E-state index contributed by atoms with van der Waals surface area (Å²) in [6.45, 7) is 4.45. The van der Waals surface area contributed by atoms with Crippen LogP contribution in [0.2, 0.25) is 0 Å². The van der Waals surface area contributed by atoms with E-state index in [2.05, 4.69) is 43.5 Å². The maximum atomic E-state index is 12.3. The molecule has 0 bridgehead atoms. The molecule has 0 aliphatic rings. The first kappa shape index (κ1) is 40.6. The number of aliphatic hydroxyl groups excluding tert-OH is 1. The predicted octanol–water partition coefficient (Wildman–Crippen LogP) is 9.40. The highest BCUT2D eigenvalue weighted by molar-refractivity contribution is 7.85. The Morgan fingerprint density at radius 3 is 1.50 bits per heavy atom. The number of aliphatic hydroxyl groups is 1. The van der Waals surface area contributed by atoms with Crippen molar-refractivity contribution < 1.29 is 22.9 Å². The standard InChI is InChI=1S/C35H65NO5S/c1-3-5-7-9-11-13-14-15-16-17-18-19-20-21-22-23-24-26-28-30-34(37)33(32-42(39,40)41)36-35(38)31-29-27-25-12-10-8-6-4-2/h18-19,22-23,28,30,33-34,37H,3-17,20-21,24-27,29,31-32H2,1-2H3,(H,36,38)(H,39,40,41)/b19-18+,23-22+,30-28+. The molecule has 2 unspecified atom stereocenters. The first-order chi connectivity index (χ1) is 20.3. The van der Waals surface area contributed by atoms with Crippen molar-refractivity contribution in [3.05, 3.63) is 36.5 Å². The Labute approximate surface area is 259 Å². The molecule has 246 valence electrons. The average molecular weight is 612 g/mol. The molecule has 0 aromatic heterocycles. The van der Waals surface area contributed by atoms with E-state index >= 15 is 0 Å². The topological polar surface area (TPSA) is 104 Å². The number of amides is 1. The van der Waals surface area contributed by atoms with E-state index in [4.69, 9.17) is 0 Å². The molecule has 0 saturated heterocycles. The van der Waals surface area contributed by atoms with Crippen LogP contribution >= 0.6 is 0 Å². The molecule has 7 heteroatoms. The second-order valence-corrected chi connectivity index (χ2v) is 13.3. The molecule has 6 nitrogen and oxygen atoms in total. The molecule has 0 spiro atoms. The van der Waals surface area contributed by atoms with Gasteiger partial charge in [0.15, 0.2) is 0 Å². The Balaban J connectivity index is 4.06. The highest BCUT2D eigenvalue weighted by Gasteiger charge is 2.24. The van der Waals surface area contributed by atoms with Gasteiger partial charge >= 0.3 is 0 Å². The summed E-state index contributed by atoms with van der Waals surface area (Å²) in [7, 11) is -4.34. The number of hydrogen-bond donors (Lipinski definition) is 3. The zero-order valence-electron chi connectivity index (χ0n) is 27.1. The van der Waals surface area contributed by atoms with Crippen LogP contribution in [-0.2, 0) is 14.9 Å². The minimum atomic E-state index is -4.34. The van der Waals surface area contributed by atoms with Crippen LogP contribution < -0.4 is 5.32 Å². The van der Waals surface area contributed by atoms with Gasteiger partial charge in [-0.2, -0.15) is 8.42 Å². The Hall–Kier alpha value is -1.44. The molecule has 0 aliphatic heterocycles. The SMILES string of the molecule is CCCCCCCCCCC/C=C/CC/C=C/CC/C=C/C(O)C(CS(=O)(=O)O)NC(=O)CCCCCCCCCC. The summed E-state index contributed by atoms with van der Waals surface area (Å²) in [5, 5.41) is 13.1. The van der Waals surface area contributed by atoms with Gasteiger partial charge < -0.3 is 10.4 Å². The number of nitrogens with one attached hydrogen (secondary N) is 1. The molecular formula is C35H65NO5S. The summed E-state index contributed by atoms with van der Waals surface area (Å²) in [6.07, 6.45) is 37.1. The molecule has 2 atom stereocenters. The first-order valence-corrected chi connectivity index (χ1v) is 18.8. The lowest BCUT2D eigenvalue weighted by atomic mass is 10.1. The zero-order valence-corrected chi connectivity index (χ0v) is 27.9. The van der Waals surface area contributed by atoms with Crippen LogP contribution in [-0.4, -0.2) is 41.9 Å². The number of allylic oxidation sites excluding steroid dienone is 5. The Bertz CT molecular complexity index is 806. The van der Waals surface area contributed by atoms with E-state index < -0.39 is 28.0 Å². The molecule has 0 fully saturated rings. The third-order valence-corrected chi connectivity index (χ3v) is 8.33. The molecular weight excluding hydrogens is 546 g/mol. The molecule has 3 N–H and O–H groups in total. The third-order valence-electron chi connectivity index (χ3n) is 7.55. The van der Waals surface area contributed by atoms with Crippen molar-refractivity contribution in [1.29, 1.82) is 0 Å². The number of carbonyl (C=O) groups is 1. The van der Waals surface area contributed by atoms with Crippen LogP contribution in [0.15, 0.2) is 36.5 Å². The summed E-state index contributed by atoms with van der Waals surface area (Å²) < 4.78 is 32.2. The minimum absolute atomic E-state index is 0.284. The van der Waals surface area contributed by atoms with Gasteiger partial charge in [-0.15, -0.1) is 0 Å². The van der Waals surface area contributed by atoms with E-state index in [0.29, 0.717) is 6.42 Å². The number of carbonyl (C=O) groups excluding carboxylic acids is 1. The third kappa shape index (κ3) is 30.0. The van der Waals surface area contributed by atoms with Gasteiger partial charge in [-0.1, -0.05) is 147 Å². The van der Waals surface area contributed by atoms with Crippen molar-refractivity contribution in [2.45, 2.75) is 174 Å². The van der Waals surface area contributed by atoms with Gasteiger partial charge in [0.05, 0.1) is 17.9 Å². The highest BCUT2D eigenvalue weighted by atomic mass is 32.2. The number of hydrogen-bond acceptors (Lipinski definition) is 4. The minimum Gasteiger partial charge on any atom is -0.387 e. The average Bonchev–Trinajstić information content (AvgIpc) is 2.94. The van der Waals surface area contributed by atoms with Crippen LogP contribution in [0.5, 0.6) is 0 Å². The molecule has 0 aliphatic carbocycles. The Morgan fingerprint density at radius 1 is 0.619 bits per heavy atom. The normalized spacial score (nSPS) is 13.9. The predicted molar refractivity (Wildman–Crippen MR) is 179 cm³/mol. The molecule has 0 radical (unpaired) electrons. The molecule has 0 rings (SSSR count). The van der Waals surface area contributed by atoms with Crippen LogP contribution in [0.25, 0.3) is 0 Å². The van der Waals surface area contributed by atoms with Crippen LogP contribution in [0.4, 0.5) is 0 Å². The van der Waals surface area contributed by atoms with E-state index in [1.54, 1.807) is 6.08 Å². The lowest BCUT2D eigenvalue weighted by molar-refractivity contribution is -0.122. The van der Waals surface area contributed by atoms with Gasteiger partial charge in [0, 0.05) is 6.42 Å². The smallest absolute Gasteiger partial charge is 0.267 e. The lowest BCUT2D eigenvalue weighted by Crippen LogP contribution is -2.46. The fourth-order valence-corrected chi connectivity index (χ4v) is 5.68. The van der Waals surface area contributed by atoms with Gasteiger partial charge in [0.2, 0.25) is 5.91 Å². The largest absolute Gasteiger partial charge is 0.387 e. The van der Waals surface area contributed by atoms with Crippen molar-refractivity contribution in [3.8, 4) is 0 Å². The summed E-state index contributed by atoms with van der Waals surface area (Å²) in [5.41, 5.74) is 0. The maximum absolute atomic E-state index is 12.3. The van der Waals surface area contributed by atoms with Crippen LogP contribution in [0.1, 0.15) is 162 Å². The van der Waals surface area contributed by atoms with Gasteiger partial charge in [0.1, 0.15) is 0 Å². The van der Waals surface area contributed by atoms with E-state index in [9.17, 15) is 22.9 Å². The second kappa shape index (κ2) is 29.6. The van der Waals surface area contributed by atoms with Crippen molar-refractivity contribution in [2.75, 3.05) is 5.75 Å². The molecule has 42 heavy (non-hydrogen) atoms. The monoisotopic (exact) mass is 611 g/mol. The zero-order chi connectivity index (χ0) is 31.2. The fourth-order valence-electron chi connectivity index (χ4n) is 4.95. The van der Waals surface area contributed by atoms with E-state index in [0.717, 1.165) is 38.5 Å². The van der Waals surface area contributed by atoms with E-state index in [1.165, 1.54) is 102 Å². The summed E-state index contributed by atoms with van der Waals surface area (Å²) in [6, 6.07) is -1.07. The lowest BCUT2D eigenvalue weighted by Gasteiger charge is -2.21. The van der Waals surface area contributed by atoms with Crippen molar-refractivity contribution >= 4 is 16.0 Å². The molecule has 0 aromatic carbocycles. The van der Waals surface area contributed by atoms with Crippen LogP contribution in [0, 0.1) is 0 Å². The first-order valence-electron chi connectivity index (χ1n) is 17.2. The molecule has 1 amide bonds. The number of rotatable bonds is 30. The number of unbranched alkanes of at least 4 members (excludes halogenated alkanes) is 18. The summed E-state index contributed by atoms with van der Waals surface area (Å²) in [5.74, 6) is -1.01. The highest BCUT2D eigenvalue weighted by Crippen LogP contribution is 2.12. The van der Waals surface area contributed by atoms with Crippen molar-refractivity contribution in [2.24, 2.45) is 0 Å². The Morgan fingerprint density at radius 2 is 1.02 bits per heavy atom. The fraction of sp³-hybridized carbons (Fsp3) is 0.800. The van der Waals surface area contributed by atoms with Gasteiger partial charge in [-0.25, -0.2) is 0 Å². The van der Waals surface area contributed by atoms with Crippen LogP contribution in [0.3, 0.4) is 0 Å². The molecule has 0 saturated carbocycles. The summed E-state index contributed by atoms with van der Waals surface area (Å²) >= 11 is 0. The van der Waals surface area contributed by atoms with Gasteiger partial charge in [-0.3, -0.25) is 9.35 Å².